The quantitative estimate of drug-likeness (QED) is 0.321. The summed E-state index contributed by atoms with van der Waals surface area (Å²) in [5.74, 6) is 0. The van der Waals surface area contributed by atoms with Gasteiger partial charge in [0, 0.05) is 35.6 Å². The number of rotatable bonds is 0. The summed E-state index contributed by atoms with van der Waals surface area (Å²) in [4.78, 5) is 5.42. The third-order valence-corrected chi connectivity index (χ3v) is 7.83. The van der Waals surface area contributed by atoms with Gasteiger partial charge in [-0.05, 0) is 47.0 Å². The molecule has 0 aromatic heterocycles. The van der Waals surface area contributed by atoms with Gasteiger partial charge in [-0.15, -0.1) is 0 Å². The predicted octanol–water partition coefficient (Wildman–Crippen LogP) is 7.26. The molecule has 24 heavy (non-hydrogen) atoms. The van der Waals surface area contributed by atoms with E-state index in [1.165, 1.54) is 41.8 Å². The normalized spacial score (nSPS) is 16.1. The minimum atomic E-state index is 0.0203. The van der Waals surface area contributed by atoms with Crippen LogP contribution in [-0.2, 0) is 5.41 Å². The molecule has 0 saturated carbocycles. The summed E-state index contributed by atoms with van der Waals surface area (Å²) in [6.07, 6.45) is 0. The SMILES string of the molecule is CC1(C)c2ccc(Cl)cc2-c2c1ccc1c2Sc2ccccc2S1. The van der Waals surface area contributed by atoms with Crippen LogP contribution in [0.15, 0.2) is 74.2 Å². The number of hydrogen-bond donors (Lipinski definition) is 0. The van der Waals surface area contributed by atoms with Crippen LogP contribution in [-0.4, -0.2) is 0 Å². The Hall–Kier alpha value is -1.35. The highest BCUT2D eigenvalue weighted by Gasteiger charge is 2.38. The van der Waals surface area contributed by atoms with Crippen molar-refractivity contribution >= 4 is 35.1 Å². The summed E-state index contributed by atoms with van der Waals surface area (Å²) in [6, 6.07) is 19.6. The first-order chi connectivity index (χ1) is 11.6. The van der Waals surface area contributed by atoms with Gasteiger partial charge in [0.1, 0.15) is 0 Å². The predicted molar refractivity (Wildman–Crippen MR) is 104 cm³/mol. The molecule has 3 heteroatoms. The monoisotopic (exact) mass is 366 g/mol. The van der Waals surface area contributed by atoms with Gasteiger partial charge in [0.25, 0.3) is 0 Å². The first kappa shape index (κ1) is 14.9. The lowest BCUT2D eigenvalue weighted by Gasteiger charge is -2.24. The van der Waals surface area contributed by atoms with Crippen molar-refractivity contribution in [3.63, 3.8) is 0 Å². The second kappa shape index (κ2) is 5.08. The molecule has 0 atom stereocenters. The molecule has 0 bridgehead atoms. The van der Waals surface area contributed by atoms with Crippen molar-refractivity contribution < 1.29 is 0 Å². The number of benzene rings is 3. The van der Waals surface area contributed by atoms with Crippen LogP contribution in [0.4, 0.5) is 0 Å². The van der Waals surface area contributed by atoms with E-state index in [0.717, 1.165) is 5.02 Å². The third kappa shape index (κ3) is 1.97. The Bertz CT molecular complexity index is 1000. The molecular weight excluding hydrogens is 352 g/mol. The van der Waals surface area contributed by atoms with Gasteiger partial charge in [0.15, 0.2) is 0 Å². The van der Waals surface area contributed by atoms with E-state index in [-0.39, 0.29) is 5.41 Å². The summed E-state index contributed by atoms with van der Waals surface area (Å²) in [7, 11) is 0. The van der Waals surface area contributed by atoms with Crippen LogP contribution < -0.4 is 0 Å². The van der Waals surface area contributed by atoms with Crippen LogP contribution >= 0.6 is 35.1 Å². The Morgan fingerprint density at radius 1 is 0.792 bits per heavy atom. The van der Waals surface area contributed by atoms with E-state index in [1.807, 2.05) is 29.6 Å². The van der Waals surface area contributed by atoms with E-state index >= 15 is 0 Å². The average molecular weight is 367 g/mol. The van der Waals surface area contributed by atoms with E-state index < -0.39 is 0 Å². The molecule has 0 saturated heterocycles. The first-order valence-electron chi connectivity index (χ1n) is 7.98. The fraction of sp³-hybridized carbons (Fsp3) is 0.143. The lowest BCUT2D eigenvalue weighted by atomic mass is 9.82. The van der Waals surface area contributed by atoms with Crippen molar-refractivity contribution in [1.82, 2.24) is 0 Å². The van der Waals surface area contributed by atoms with Gasteiger partial charge in [-0.1, -0.05) is 73.2 Å². The van der Waals surface area contributed by atoms with Crippen LogP contribution in [0.1, 0.15) is 25.0 Å². The minimum absolute atomic E-state index is 0.0203. The van der Waals surface area contributed by atoms with Gasteiger partial charge < -0.3 is 0 Å². The highest BCUT2D eigenvalue weighted by molar-refractivity contribution is 8.05. The minimum Gasteiger partial charge on any atom is -0.0877 e. The van der Waals surface area contributed by atoms with Crippen molar-refractivity contribution in [3.8, 4) is 11.1 Å². The molecule has 2 aliphatic rings. The molecule has 0 amide bonds. The Labute approximate surface area is 155 Å². The molecule has 3 aromatic carbocycles. The lowest BCUT2D eigenvalue weighted by molar-refractivity contribution is 0.659. The number of fused-ring (bicyclic) bond motifs is 6. The molecule has 118 valence electrons. The van der Waals surface area contributed by atoms with E-state index in [2.05, 4.69) is 62.4 Å². The van der Waals surface area contributed by atoms with E-state index in [0.29, 0.717) is 0 Å². The van der Waals surface area contributed by atoms with Gasteiger partial charge in [-0.3, -0.25) is 0 Å². The fourth-order valence-corrected chi connectivity index (χ4v) is 6.37. The van der Waals surface area contributed by atoms with Gasteiger partial charge in [0.2, 0.25) is 0 Å². The summed E-state index contributed by atoms with van der Waals surface area (Å²) in [5, 5.41) is 0.809. The molecule has 0 fully saturated rings. The fourth-order valence-electron chi connectivity index (χ4n) is 3.79. The molecule has 0 radical (unpaired) electrons. The largest absolute Gasteiger partial charge is 0.0877 e. The van der Waals surface area contributed by atoms with Crippen molar-refractivity contribution in [2.75, 3.05) is 0 Å². The molecule has 0 spiro atoms. The number of hydrogen-bond acceptors (Lipinski definition) is 2. The van der Waals surface area contributed by atoms with Crippen molar-refractivity contribution in [1.29, 1.82) is 0 Å². The highest BCUT2D eigenvalue weighted by Crippen LogP contribution is 2.58. The van der Waals surface area contributed by atoms with Crippen molar-refractivity contribution in [2.24, 2.45) is 0 Å². The van der Waals surface area contributed by atoms with Crippen molar-refractivity contribution in [2.45, 2.75) is 38.8 Å². The topological polar surface area (TPSA) is 0 Å². The summed E-state index contributed by atoms with van der Waals surface area (Å²) >= 11 is 10.1. The van der Waals surface area contributed by atoms with Crippen LogP contribution in [0.2, 0.25) is 5.02 Å². The van der Waals surface area contributed by atoms with E-state index in [1.54, 1.807) is 0 Å². The Morgan fingerprint density at radius 2 is 1.50 bits per heavy atom. The first-order valence-corrected chi connectivity index (χ1v) is 9.99. The standard InChI is InChI=1S/C21H15ClS2/c1-21(2)14-8-7-12(22)11-13(14)19-15(21)9-10-18-20(19)24-17-6-4-3-5-16(17)23-18/h3-11H,1-2H3. The number of halogens is 1. The molecule has 1 aliphatic heterocycles. The smallest absolute Gasteiger partial charge is 0.0412 e. The highest BCUT2D eigenvalue weighted by atomic mass is 35.5. The second-order valence-electron chi connectivity index (χ2n) is 6.78. The van der Waals surface area contributed by atoms with Gasteiger partial charge >= 0.3 is 0 Å². The molecule has 0 unspecified atom stereocenters. The Kier molecular flexibility index (Phi) is 3.16. The lowest BCUT2D eigenvalue weighted by Crippen LogP contribution is -2.15. The molecular formula is C21H15ClS2. The Balaban J connectivity index is 1.80. The average Bonchev–Trinajstić information content (AvgIpc) is 2.80. The molecule has 3 aromatic rings. The zero-order chi connectivity index (χ0) is 16.5. The van der Waals surface area contributed by atoms with Crippen LogP contribution in [0, 0.1) is 0 Å². The van der Waals surface area contributed by atoms with E-state index in [4.69, 9.17) is 11.6 Å². The van der Waals surface area contributed by atoms with Gasteiger partial charge in [-0.2, -0.15) is 0 Å². The molecule has 1 aliphatic carbocycles. The van der Waals surface area contributed by atoms with Gasteiger partial charge in [-0.25, -0.2) is 0 Å². The maximum Gasteiger partial charge on any atom is 0.0412 e. The third-order valence-electron chi connectivity index (χ3n) is 5.00. The second-order valence-corrected chi connectivity index (χ2v) is 9.35. The summed E-state index contributed by atoms with van der Waals surface area (Å²) < 4.78 is 0. The van der Waals surface area contributed by atoms with Crippen LogP contribution in [0.25, 0.3) is 11.1 Å². The van der Waals surface area contributed by atoms with Crippen LogP contribution in [0.3, 0.4) is 0 Å². The Morgan fingerprint density at radius 3 is 2.29 bits per heavy atom. The summed E-state index contributed by atoms with van der Waals surface area (Å²) in [6.45, 7) is 4.62. The maximum atomic E-state index is 6.34. The van der Waals surface area contributed by atoms with Gasteiger partial charge in [0.05, 0.1) is 0 Å². The molecule has 0 N–H and O–H groups in total. The summed E-state index contributed by atoms with van der Waals surface area (Å²) in [5.41, 5.74) is 5.48. The van der Waals surface area contributed by atoms with E-state index in [9.17, 15) is 0 Å². The van der Waals surface area contributed by atoms with Crippen molar-refractivity contribution in [3.05, 3.63) is 70.7 Å². The molecule has 0 nitrogen and oxygen atoms in total. The molecule has 1 heterocycles. The maximum absolute atomic E-state index is 6.34. The molecule has 5 rings (SSSR count). The van der Waals surface area contributed by atoms with Crippen LogP contribution in [0.5, 0.6) is 0 Å². The zero-order valence-electron chi connectivity index (χ0n) is 13.4. The zero-order valence-corrected chi connectivity index (χ0v) is 15.8.